The fourth-order valence-electron chi connectivity index (χ4n) is 1.86. The number of rotatable bonds is 5. The van der Waals surface area contributed by atoms with E-state index in [0.29, 0.717) is 22.7 Å². The van der Waals surface area contributed by atoms with E-state index in [4.69, 9.17) is 14.3 Å². The first-order valence-corrected chi connectivity index (χ1v) is 6.68. The van der Waals surface area contributed by atoms with Crippen molar-refractivity contribution in [2.45, 2.75) is 39.7 Å². The Bertz CT molecular complexity index is 615. The van der Waals surface area contributed by atoms with Crippen LogP contribution in [0.25, 0.3) is 11.1 Å². The van der Waals surface area contributed by atoms with E-state index in [9.17, 15) is 4.79 Å². The molecule has 1 aromatic carbocycles. The van der Waals surface area contributed by atoms with Crippen molar-refractivity contribution in [3.8, 4) is 5.75 Å². The summed E-state index contributed by atoms with van der Waals surface area (Å²) >= 11 is 0. The highest BCUT2D eigenvalue weighted by Gasteiger charge is 2.23. The van der Waals surface area contributed by atoms with E-state index in [1.54, 1.807) is 18.2 Å². The van der Waals surface area contributed by atoms with Crippen LogP contribution in [0.3, 0.4) is 0 Å². The molecular weight excluding hydrogens is 258 g/mol. The summed E-state index contributed by atoms with van der Waals surface area (Å²) in [7, 11) is 0. The van der Waals surface area contributed by atoms with E-state index in [1.165, 1.54) is 0 Å². The Morgan fingerprint density at radius 2 is 2.00 bits per heavy atom. The number of nitrogens with zero attached hydrogens (tertiary/aromatic N) is 1. The van der Waals surface area contributed by atoms with Gasteiger partial charge in [0.2, 0.25) is 0 Å². The third-order valence-corrected chi connectivity index (χ3v) is 2.98. The van der Waals surface area contributed by atoms with Gasteiger partial charge in [-0.05, 0) is 12.1 Å². The second-order valence-electron chi connectivity index (χ2n) is 5.46. The minimum atomic E-state index is -0.969. The average Bonchev–Trinajstić information content (AvgIpc) is 2.78. The van der Waals surface area contributed by atoms with Crippen LogP contribution in [-0.4, -0.2) is 22.2 Å². The van der Waals surface area contributed by atoms with Gasteiger partial charge in [-0.15, -0.1) is 0 Å². The highest BCUT2D eigenvalue weighted by molar-refractivity contribution is 5.76. The van der Waals surface area contributed by atoms with E-state index in [1.807, 2.05) is 27.7 Å². The summed E-state index contributed by atoms with van der Waals surface area (Å²) in [4.78, 5) is 15.5. The van der Waals surface area contributed by atoms with Crippen molar-refractivity contribution in [2.24, 2.45) is 5.92 Å². The van der Waals surface area contributed by atoms with Crippen molar-refractivity contribution in [1.29, 1.82) is 0 Å². The van der Waals surface area contributed by atoms with Crippen molar-refractivity contribution in [1.82, 2.24) is 4.98 Å². The molecule has 5 heteroatoms. The molecule has 0 radical (unpaired) electrons. The van der Waals surface area contributed by atoms with Crippen LogP contribution in [0.15, 0.2) is 22.6 Å². The molecule has 0 amide bonds. The summed E-state index contributed by atoms with van der Waals surface area (Å²) in [5.74, 6) is 0.266. The summed E-state index contributed by atoms with van der Waals surface area (Å²) in [6.07, 6.45) is -0.871. The SMILES string of the molecule is CC(C)c1nc2cc(OC(C(=O)O)C(C)C)ccc2o1. The standard InChI is InChI=1S/C15H19NO4/c1-8(2)13(15(17)18)19-10-5-6-12-11(7-10)16-14(20-12)9(3)4/h5-9,13H,1-4H3,(H,17,18). The number of carbonyl (C=O) groups is 1. The summed E-state index contributed by atoms with van der Waals surface area (Å²) in [5, 5.41) is 9.14. The molecule has 1 N–H and O–H groups in total. The van der Waals surface area contributed by atoms with Crippen LogP contribution in [0, 0.1) is 5.92 Å². The number of ether oxygens (including phenoxy) is 1. The quantitative estimate of drug-likeness (QED) is 0.906. The molecule has 0 aliphatic rings. The molecule has 2 rings (SSSR count). The van der Waals surface area contributed by atoms with Gasteiger partial charge in [0.25, 0.3) is 0 Å². The van der Waals surface area contributed by atoms with Crippen LogP contribution in [0.4, 0.5) is 0 Å². The highest BCUT2D eigenvalue weighted by atomic mass is 16.5. The molecule has 2 aromatic rings. The molecule has 5 nitrogen and oxygen atoms in total. The lowest BCUT2D eigenvalue weighted by molar-refractivity contribution is -0.147. The van der Waals surface area contributed by atoms with Crippen LogP contribution in [0.2, 0.25) is 0 Å². The average molecular weight is 277 g/mol. The van der Waals surface area contributed by atoms with Gasteiger partial charge in [-0.3, -0.25) is 0 Å². The largest absolute Gasteiger partial charge is 0.478 e. The van der Waals surface area contributed by atoms with E-state index in [0.717, 1.165) is 0 Å². The van der Waals surface area contributed by atoms with E-state index < -0.39 is 12.1 Å². The fourth-order valence-corrected chi connectivity index (χ4v) is 1.86. The van der Waals surface area contributed by atoms with Crippen LogP contribution < -0.4 is 4.74 Å². The van der Waals surface area contributed by atoms with Gasteiger partial charge < -0.3 is 14.3 Å². The van der Waals surface area contributed by atoms with Crippen molar-refractivity contribution >= 4 is 17.1 Å². The first-order chi connectivity index (χ1) is 9.38. The Morgan fingerprint density at radius 3 is 2.55 bits per heavy atom. The predicted octanol–water partition coefficient (Wildman–Crippen LogP) is 3.44. The Labute approximate surface area is 117 Å². The molecule has 108 valence electrons. The molecule has 0 saturated carbocycles. The van der Waals surface area contributed by atoms with Gasteiger partial charge in [-0.25, -0.2) is 9.78 Å². The van der Waals surface area contributed by atoms with Crippen molar-refractivity contribution in [3.05, 3.63) is 24.1 Å². The van der Waals surface area contributed by atoms with Crippen LogP contribution >= 0.6 is 0 Å². The second-order valence-corrected chi connectivity index (χ2v) is 5.46. The second kappa shape index (κ2) is 5.53. The molecule has 1 heterocycles. The van der Waals surface area contributed by atoms with Gasteiger partial charge >= 0.3 is 5.97 Å². The van der Waals surface area contributed by atoms with E-state index in [-0.39, 0.29) is 11.8 Å². The number of carboxylic acid groups (broad SMARTS) is 1. The zero-order valence-corrected chi connectivity index (χ0v) is 12.1. The molecule has 0 aliphatic heterocycles. The molecule has 0 aliphatic carbocycles. The van der Waals surface area contributed by atoms with Crippen LogP contribution in [-0.2, 0) is 4.79 Å². The predicted molar refractivity (Wildman–Crippen MR) is 75.0 cm³/mol. The number of carboxylic acids is 1. The van der Waals surface area contributed by atoms with Gasteiger partial charge in [-0.2, -0.15) is 0 Å². The Morgan fingerprint density at radius 1 is 1.30 bits per heavy atom. The molecule has 20 heavy (non-hydrogen) atoms. The minimum absolute atomic E-state index is 0.119. The maximum Gasteiger partial charge on any atom is 0.345 e. The summed E-state index contributed by atoms with van der Waals surface area (Å²) in [6, 6.07) is 5.17. The molecule has 0 fully saturated rings. The number of oxazole rings is 1. The van der Waals surface area contributed by atoms with E-state index in [2.05, 4.69) is 4.98 Å². The summed E-state index contributed by atoms with van der Waals surface area (Å²) in [5.41, 5.74) is 1.36. The molecule has 1 aromatic heterocycles. The monoisotopic (exact) mass is 277 g/mol. The summed E-state index contributed by atoms with van der Waals surface area (Å²) in [6.45, 7) is 7.62. The van der Waals surface area contributed by atoms with Crippen molar-refractivity contribution < 1.29 is 19.1 Å². The van der Waals surface area contributed by atoms with E-state index >= 15 is 0 Å². The van der Waals surface area contributed by atoms with Gasteiger partial charge in [0, 0.05) is 17.9 Å². The Balaban J connectivity index is 2.29. The third-order valence-electron chi connectivity index (χ3n) is 2.98. The zero-order valence-electron chi connectivity index (χ0n) is 12.1. The fraction of sp³-hybridized carbons (Fsp3) is 0.467. The molecule has 1 atom stereocenters. The number of fused-ring (bicyclic) bond motifs is 1. The smallest absolute Gasteiger partial charge is 0.345 e. The number of aliphatic carboxylic acids is 1. The number of aromatic nitrogens is 1. The molecule has 0 bridgehead atoms. The van der Waals surface area contributed by atoms with Gasteiger partial charge in [0.05, 0.1) is 0 Å². The summed E-state index contributed by atoms with van der Waals surface area (Å²) < 4.78 is 11.1. The van der Waals surface area contributed by atoms with Gasteiger partial charge in [-0.1, -0.05) is 27.7 Å². The lowest BCUT2D eigenvalue weighted by Gasteiger charge is -2.18. The Kier molecular flexibility index (Phi) is 3.97. The lowest BCUT2D eigenvalue weighted by atomic mass is 10.1. The molecule has 1 unspecified atom stereocenters. The van der Waals surface area contributed by atoms with Gasteiger partial charge in [0.15, 0.2) is 17.6 Å². The number of hydrogen-bond donors (Lipinski definition) is 1. The lowest BCUT2D eigenvalue weighted by Crippen LogP contribution is -2.32. The van der Waals surface area contributed by atoms with Crippen LogP contribution in [0.5, 0.6) is 5.75 Å². The number of hydrogen-bond acceptors (Lipinski definition) is 4. The normalized spacial score (nSPS) is 13.1. The molecule has 0 saturated heterocycles. The highest BCUT2D eigenvalue weighted by Crippen LogP contribution is 2.26. The molecular formula is C15H19NO4. The van der Waals surface area contributed by atoms with Crippen LogP contribution in [0.1, 0.15) is 39.5 Å². The van der Waals surface area contributed by atoms with Gasteiger partial charge in [0.1, 0.15) is 11.3 Å². The minimum Gasteiger partial charge on any atom is -0.478 e. The maximum atomic E-state index is 11.1. The third kappa shape index (κ3) is 2.92. The Hall–Kier alpha value is -2.04. The first kappa shape index (κ1) is 14.4. The van der Waals surface area contributed by atoms with Crippen molar-refractivity contribution in [3.63, 3.8) is 0 Å². The maximum absolute atomic E-state index is 11.1. The van der Waals surface area contributed by atoms with Crippen molar-refractivity contribution in [2.75, 3.05) is 0 Å². The number of benzene rings is 1. The topological polar surface area (TPSA) is 72.6 Å². The first-order valence-electron chi connectivity index (χ1n) is 6.68. The zero-order chi connectivity index (χ0) is 14.9. The molecule has 0 spiro atoms.